The predicted molar refractivity (Wildman–Crippen MR) is 84.3 cm³/mol. The highest BCUT2D eigenvalue weighted by Crippen LogP contribution is 2.29. The zero-order chi connectivity index (χ0) is 15.9. The number of hydrogen-bond donors (Lipinski definition) is 2. The number of benzene rings is 1. The van der Waals surface area contributed by atoms with Crippen LogP contribution in [0.15, 0.2) is 11.0 Å². The minimum Gasteiger partial charge on any atom is -0.281 e. The maximum atomic E-state index is 12.7. The third kappa shape index (κ3) is 2.68. The third-order valence-electron chi connectivity index (χ3n) is 3.93. The zero-order valence-corrected chi connectivity index (χ0v) is 14.1. The van der Waals surface area contributed by atoms with E-state index in [1.165, 1.54) is 0 Å². The highest BCUT2D eigenvalue weighted by Gasteiger charge is 2.24. The monoisotopic (exact) mass is 307 g/mol. The summed E-state index contributed by atoms with van der Waals surface area (Å²) in [6.45, 7) is 11.2. The van der Waals surface area contributed by atoms with Crippen LogP contribution in [0.3, 0.4) is 0 Å². The number of aryl methyl sites for hydroxylation is 4. The molecule has 0 aliphatic heterocycles. The predicted octanol–water partition coefficient (Wildman–Crippen LogP) is 3.06. The summed E-state index contributed by atoms with van der Waals surface area (Å²) < 4.78 is 28.1. The molecule has 0 bridgehead atoms. The van der Waals surface area contributed by atoms with Crippen LogP contribution in [-0.4, -0.2) is 18.6 Å². The number of aromatic amines is 1. The molecule has 0 atom stereocenters. The van der Waals surface area contributed by atoms with Gasteiger partial charge in [0.2, 0.25) is 0 Å². The minimum atomic E-state index is -3.65. The Morgan fingerprint density at radius 3 is 1.95 bits per heavy atom. The Morgan fingerprint density at radius 1 is 1.00 bits per heavy atom. The van der Waals surface area contributed by atoms with Crippen LogP contribution in [0, 0.1) is 41.5 Å². The fourth-order valence-electron chi connectivity index (χ4n) is 2.49. The van der Waals surface area contributed by atoms with E-state index in [-0.39, 0.29) is 4.90 Å². The van der Waals surface area contributed by atoms with Crippen LogP contribution in [-0.2, 0) is 10.0 Å². The maximum Gasteiger partial charge on any atom is 0.265 e. The molecule has 5 nitrogen and oxygen atoms in total. The minimum absolute atomic E-state index is 0.223. The van der Waals surface area contributed by atoms with Gasteiger partial charge in [-0.1, -0.05) is 6.07 Å². The van der Waals surface area contributed by atoms with E-state index in [9.17, 15) is 8.42 Å². The topological polar surface area (TPSA) is 74.8 Å². The Kier molecular flexibility index (Phi) is 3.84. The molecule has 0 amide bonds. The van der Waals surface area contributed by atoms with Crippen molar-refractivity contribution in [2.75, 3.05) is 4.72 Å². The summed E-state index contributed by atoms with van der Waals surface area (Å²) in [4.78, 5) is 0.223. The number of nitrogens with zero attached hydrogens (tertiary/aromatic N) is 1. The first kappa shape index (κ1) is 15.6. The maximum absolute atomic E-state index is 12.7. The summed E-state index contributed by atoms with van der Waals surface area (Å²) in [5, 5.41) is 6.67. The van der Waals surface area contributed by atoms with E-state index >= 15 is 0 Å². The second kappa shape index (κ2) is 5.18. The smallest absolute Gasteiger partial charge is 0.265 e. The van der Waals surface area contributed by atoms with Crippen LogP contribution in [0.5, 0.6) is 0 Å². The van der Waals surface area contributed by atoms with Crippen molar-refractivity contribution >= 4 is 15.7 Å². The Balaban J connectivity index is 2.57. The SMILES string of the molecule is Cc1cc(C)c(C)c(NS(=O)(=O)c2c(C)n[nH]c2C)c1C. The highest BCUT2D eigenvalue weighted by atomic mass is 32.2. The summed E-state index contributed by atoms with van der Waals surface area (Å²) in [5.41, 5.74) is 5.70. The fraction of sp³-hybridized carbons (Fsp3) is 0.400. The van der Waals surface area contributed by atoms with Crippen LogP contribution >= 0.6 is 0 Å². The molecule has 0 aliphatic carbocycles. The van der Waals surface area contributed by atoms with Crippen molar-refractivity contribution in [1.82, 2.24) is 10.2 Å². The zero-order valence-electron chi connectivity index (χ0n) is 13.2. The molecule has 0 radical (unpaired) electrons. The summed E-state index contributed by atoms with van der Waals surface area (Å²) >= 11 is 0. The van der Waals surface area contributed by atoms with Gasteiger partial charge in [-0.25, -0.2) is 8.42 Å². The fourth-order valence-corrected chi connectivity index (χ4v) is 4.05. The first-order valence-electron chi connectivity index (χ1n) is 6.77. The molecule has 0 saturated heterocycles. The van der Waals surface area contributed by atoms with Gasteiger partial charge in [0.15, 0.2) is 0 Å². The van der Waals surface area contributed by atoms with E-state index in [0.717, 1.165) is 22.3 Å². The van der Waals surface area contributed by atoms with Crippen LogP contribution in [0.2, 0.25) is 0 Å². The second-order valence-electron chi connectivity index (χ2n) is 5.50. The number of nitrogens with one attached hydrogen (secondary N) is 2. The van der Waals surface area contributed by atoms with Gasteiger partial charge in [0.1, 0.15) is 4.90 Å². The number of H-pyrrole nitrogens is 1. The standard InChI is InChI=1S/C15H21N3O2S/c1-8-7-9(2)11(4)14(10(8)3)18-21(19,20)15-12(5)16-17-13(15)6/h7,18H,1-6H3,(H,16,17). The van der Waals surface area contributed by atoms with Gasteiger partial charge in [-0.15, -0.1) is 0 Å². The number of sulfonamides is 1. The van der Waals surface area contributed by atoms with Crippen molar-refractivity contribution in [2.45, 2.75) is 46.4 Å². The molecule has 0 unspecified atom stereocenters. The van der Waals surface area contributed by atoms with Gasteiger partial charge in [-0.3, -0.25) is 9.82 Å². The van der Waals surface area contributed by atoms with E-state index in [4.69, 9.17) is 0 Å². The van der Waals surface area contributed by atoms with Gasteiger partial charge in [0.05, 0.1) is 17.1 Å². The quantitative estimate of drug-likeness (QED) is 0.915. The number of rotatable bonds is 3. The molecular weight excluding hydrogens is 286 g/mol. The normalized spacial score (nSPS) is 11.7. The summed E-state index contributed by atoms with van der Waals surface area (Å²) in [6, 6.07) is 2.07. The van der Waals surface area contributed by atoms with Gasteiger partial charge in [-0.05, 0) is 63.8 Å². The van der Waals surface area contributed by atoms with E-state index in [0.29, 0.717) is 17.1 Å². The number of hydrogen-bond acceptors (Lipinski definition) is 3. The van der Waals surface area contributed by atoms with Crippen LogP contribution in [0.25, 0.3) is 0 Å². The van der Waals surface area contributed by atoms with Crippen molar-refractivity contribution in [3.05, 3.63) is 39.7 Å². The molecule has 1 aromatic carbocycles. The van der Waals surface area contributed by atoms with E-state index in [2.05, 4.69) is 21.0 Å². The van der Waals surface area contributed by atoms with Crippen molar-refractivity contribution in [2.24, 2.45) is 0 Å². The average Bonchev–Trinajstić information content (AvgIpc) is 2.72. The average molecular weight is 307 g/mol. The lowest BCUT2D eigenvalue weighted by Crippen LogP contribution is -2.17. The number of anilines is 1. The van der Waals surface area contributed by atoms with Gasteiger partial charge >= 0.3 is 0 Å². The summed E-state index contributed by atoms with van der Waals surface area (Å²) in [7, 11) is -3.65. The number of aromatic nitrogens is 2. The third-order valence-corrected chi connectivity index (χ3v) is 5.54. The molecule has 114 valence electrons. The van der Waals surface area contributed by atoms with E-state index < -0.39 is 10.0 Å². The summed E-state index contributed by atoms with van der Waals surface area (Å²) in [6.07, 6.45) is 0. The molecule has 2 rings (SSSR count). The van der Waals surface area contributed by atoms with Crippen LogP contribution in [0.4, 0.5) is 5.69 Å². The molecule has 0 fully saturated rings. The molecule has 21 heavy (non-hydrogen) atoms. The molecule has 1 heterocycles. The first-order chi connectivity index (χ1) is 9.65. The van der Waals surface area contributed by atoms with Crippen molar-refractivity contribution in [3.63, 3.8) is 0 Å². The van der Waals surface area contributed by atoms with Crippen molar-refractivity contribution in [1.29, 1.82) is 0 Å². The van der Waals surface area contributed by atoms with Crippen molar-refractivity contribution < 1.29 is 8.42 Å². The largest absolute Gasteiger partial charge is 0.281 e. The lowest BCUT2D eigenvalue weighted by atomic mass is 9.99. The summed E-state index contributed by atoms with van der Waals surface area (Å²) in [5.74, 6) is 0. The van der Waals surface area contributed by atoms with Gasteiger partial charge in [0, 0.05) is 0 Å². The Labute approximate surface area is 125 Å². The Hall–Kier alpha value is -1.82. The van der Waals surface area contributed by atoms with Crippen LogP contribution < -0.4 is 4.72 Å². The molecule has 0 aliphatic rings. The molecule has 6 heteroatoms. The highest BCUT2D eigenvalue weighted by molar-refractivity contribution is 7.92. The first-order valence-corrected chi connectivity index (χ1v) is 8.25. The molecular formula is C15H21N3O2S. The molecule has 2 aromatic rings. The van der Waals surface area contributed by atoms with Gasteiger partial charge in [-0.2, -0.15) is 5.10 Å². The molecule has 2 N–H and O–H groups in total. The molecule has 1 aromatic heterocycles. The lowest BCUT2D eigenvalue weighted by Gasteiger charge is -2.17. The van der Waals surface area contributed by atoms with E-state index in [1.54, 1.807) is 13.8 Å². The van der Waals surface area contributed by atoms with Gasteiger partial charge in [0.25, 0.3) is 10.0 Å². The van der Waals surface area contributed by atoms with E-state index in [1.807, 2.05) is 27.7 Å². The van der Waals surface area contributed by atoms with Gasteiger partial charge < -0.3 is 0 Å². The van der Waals surface area contributed by atoms with Crippen LogP contribution in [0.1, 0.15) is 33.6 Å². The Bertz CT molecular complexity index is 759. The lowest BCUT2D eigenvalue weighted by molar-refractivity contribution is 0.600. The molecule has 0 saturated carbocycles. The molecule has 0 spiro atoms. The van der Waals surface area contributed by atoms with Crippen molar-refractivity contribution in [3.8, 4) is 0 Å². The Morgan fingerprint density at radius 2 is 1.52 bits per heavy atom. The second-order valence-corrected chi connectivity index (χ2v) is 7.12.